The summed E-state index contributed by atoms with van der Waals surface area (Å²) < 4.78 is 4.15. The number of aromatic nitrogens is 4. The number of fused-ring (bicyclic) bond motifs is 1. The molecule has 3 rings (SSSR count). The summed E-state index contributed by atoms with van der Waals surface area (Å²) in [5.41, 5.74) is 2.32. The zero-order valence-electron chi connectivity index (χ0n) is 12.5. The molecular weight excluding hydrogens is 262 g/mol. The molecule has 1 unspecified atom stereocenters. The van der Waals surface area contributed by atoms with Crippen molar-refractivity contribution in [2.24, 2.45) is 0 Å². The molecule has 5 nitrogen and oxygen atoms in total. The number of hydrogen-bond donors (Lipinski definition) is 1. The van der Waals surface area contributed by atoms with Gasteiger partial charge in [-0.1, -0.05) is 18.2 Å². The Balaban J connectivity index is 1.70. The van der Waals surface area contributed by atoms with Gasteiger partial charge in [-0.15, -0.1) is 0 Å². The quantitative estimate of drug-likeness (QED) is 0.756. The van der Waals surface area contributed by atoms with E-state index in [0.29, 0.717) is 6.04 Å². The third-order valence-corrected chi connectivity index (χ3v) is 3.70. The third-order valence-electron chi connectivity index (χ3n) is 3.70. The first-order valence-electron chi connectivity index (χ1n) is 7.41. The van der Waals surface area contributed by atoms with Crippen LogP contribution in [0.3, 0.4) is 0 Å². The maximum absolute atomic E-state index is 4.71. The zero-order valence-corrected chi connectivity index (χ0v) is 12.5. The first-order chi connectivity index (χ1) is 10.3. The van der Waals surface area contributed by atoms with Crippen molar-refractivity contribution in [1.82, 2.24) is 24.6 Å². The summed E-state index contributed by atoms with van der Waals surface area (Å²) in [4.78, 5) is 4.07. The molecular formula is C16H21N5. The molecule has 2 heterocycles. The van der Waals surface area contributed by atoms with E-state index in [2.05, 4.69) is 57.7 Å². The van der Waals surface area contributed by atoms with Crippen molar-refractivity contribution in [2.75, 3.05) is 0 Å². The van der Waals surface area contributed by atoms with Crippen LogP contribution in [0, 0.1) is 0 Å². The van der Waals surface area contributed by atoms with Crippen LogP contribution in [0.1, 0.15) is 19.5 Å². The Labute approximate surface area is 124 Å². The molecule has 1 atom stereocenters. The van der Waals surface area contributed by atoms with E-state index in [1.807, 2.05) is 18.7 Å². The number of hydrogen-bond acceptors (Lipinski definition) is 3. The van der Waals surface area contributed by atoms with Crippen LogP contribution in [-0.2, 0) is 19.6 Å². The van der Waals surface area contributed by atoms with Crippen LogP contribution in [0.5, 0.6) is 0 Å². The molecule has 3 aromatic rings. The molecule has 0 aliphatic carbocycles. The SMILES string of the molecule is CCn1nc(CNC(C)Cn2ccnc2)c2ccccc21. The Morgan fingerprint density at radius 1 is 1.29 bits per heavy atom. The van der Waals surface area contributed by atoms with Crippen molar-refractivity contribution in [3.63, 3.8) is 0 Å². The fourth-order valence-corrected chi connectivity index (χ4v) is 2.61. The number of para-hydroxylation sites is 1. The predicted molar refractivity (Wildman–Crippen MR) is 83.9 cm³/mol. The minimum Gasteiger partial charge on any atom is -0.336 e. The number of nitrogens with zero attached hydrogens (tertiary/aromatic N) is 4. The Morgan fingerprint density at radius 3 is 2.90 bits per heavy atom. The van der Waals surface area contributed by atoms with Gasteiger partial charge in [0.05, 0.1) is 17.5 Å². The molecule has 0 spiro atoms. The second kappa shape index (κ2) is 6.10. The lowest BCUT2D eigenvalue weighted by Gasteiger charge is -2.13. The van der Waals surface area contributed by atoms with Crippen LogP contribution in [-0.4, -0.2) is 25.4 Å². The monoisotopic (exact) mass is 283 g/mol. The highest BCUT2D eigenvalue weighted by molar-refractivity contribution is 5.81. The van der Waals surface area contributed by atoms with Gasteiger partial charge < -0.3 is 9.88 Å². The largest absolute Gasteiger partial charge is 0.336 e. The van der Waals surface area contributed by atoms with Gasteiger partial charge in [-0.25, -0.2) is 4.98 Å². The molecule has 0 fully saturated rings. The molecule has 1 N–H and O–H groups in total. The lowest BCUT2D eigenvalue weighted by Crippen LogP contribution is -2.29. The van der Waals surface area contributed by atoms with E-state index in [0.717, 1.165) is 25.3 Å². The molecule has 110 valence electrons. The van der Waals surface area contributed by atoms with Crippen molar-refractivity contribution in [2.45, 2.75) is 39.5 Å². The third kappa shape index (κ3) is 2.97. The van der Waals surface area contributed by atoms with Crippen LogP contribution in [0.15, 0.2) is 43.0 Å². The molecule has 1 aromatic carbocycles. The van der Waals surface area contributed by atoms with E-state index in [1.54, 1.807) is 0 Å². The van der Waals surface area contributed by atoms with E-state index in [1.165, 1.54) is 10.9 Å². The van der Waals surface area contributed by atoms with Gasteiger partial charge in [0.25, 0.3) is 0 Å². The van der Waals surface area contributed by atoms with Gasteiger partial charge in [-0.05, 0) is 19.9 Å². The molecule has 0 amide bonds. The van der Waals surface area contributed by atoms with Crippen LogP contribution in [0.25, 0.3) is 10.9 Å². The smallest absolute Gasteiger partial charge is 0.0946 e. The van der Waals surface area contributed by atoms with Crippen molar-refractivity contribution < 1.29 is 0 Å². The average molecular weight is 283 g/mol. The lowest BCUT2D eigenvalue weighted by atomic mass is 10.2. The summed E-state index contributed by atoms with van der Waals surface area (Å²) in [5, 5.41) is 9.49. The number of imidazole rings is 1. The van der Waals surface area contributed by atoms with E-state index < -0.39 is 0 Å². The van der Waals surface area contributed by atoms with E-state index in [-0.39, 0.29) is 0 Å². The van der Waals surface area contributed by atoms with Crippen LogP contribution in [0.2, 0.25) is 0 Å². The van der Waals surface area contributed by atoms with Gasteiger partial charge in [0.2, 0.25) is 0 Å². The minimum atomic E-state index is 0.365. The summed E-state index contributed by atoms with van der Waals surface area (Å²) in [6.07, 6.45) is 5.64. The Hall–Kier alpha value is -2.14. The van der Waals surface area contributed by atoms with E-state index in [4.69, 9.17) is 5.10 Å². The van der Waals surface area contributed by atoms with Gasteiger partial charge in [0.1, 0.15) is 0 Å². The molecule has 21 heavy (non-hydrogen) atoms. The zero-order chi connectivity index (χ0) is 14.7. The van der Waals surface area contributed by atoms with Crippen LogP contribution in [0.4, 0.5) is 0 Å². The summed E-state index contributed by atoms with van der Waals surface area (Å²) in [6, 6.07) is 8.78. The van der Waals surface area contributed by atoms with Gasteiger partial charge in [-0.3, -0.25) is 4.68 Å². The highest BCUT2D eigenvalue weighted by Crippen LogP contribution is 2.18. The Morgan fingerprint density at radius 2 is 2.14 bits per heavy atom. The lowest BCUT2D eigenvalue weighted by molar-refractivity contribution is 0.471. The molecule has 0 bridgehead atoms. The first-order valence-corrected chi connectivity index (χ1v) is 7.41. The number of benzene rings is 1. The van der Waals surface area contributed by atoms with E-state index in [9.17, 15) is 0 Å². The summed E-state index contributed by atoms with van der Waals surface area (Å²) in [5.74, 6) is 0. The summed E-state index contributed by atoms with van der Waals surface area (Å²) in [7, 11) is 0. The van der Waals surface area contributed by atoms with Gasteiger partial charge in [0.15, 0.2) is 0 Å². The maximum Gasteiger partial charge on any atom is 0.0946 e. The molecule has 0 radical (unpaired) electrons. The normalized spacial score (nSPS) is 12.9. The Bertz CT molecular complexity index is 699. The molecule has 0 saturated carbocycles. The topological polar surface area (TPSA) is 47.7 Å². The molecule has 5 heteroatoms. The van der Waals surface area contributed by atoms with Crippen molar-refractivity contribution in [3.05, 3.63) is 48.7 Å². The van der Waals surface area contributed by atoms with Crippen LogP contribution < -0.4 is 5.32 Å². The second-order valence-corrected chi connectivity index (χ2v) is 5.32. The molecule has 0 aliphatic rings. The Kier molecular flexibility index (Phi) is 4.01. The summed E-state index contributed by atoms with van der Waals surface area (Å²) in [6.45, 7) is 6.89. The highest BCUT2D eigenvalue weighted by Gasteiger charge is 2.10. The minimum absolute atomic E-state index is 0.365. The standard InChI is InChI=1S/C16H21N5/c1-3-21-16-7-5-4-6-14(16)15(19-21)10-18-13(2)11-20-9-8-17-12-20/h4-9,12-13,18H,3,10-11H2,1-2H3. The first kappa shape index (κ1) is 13.8. The van der Waals surface area contributed by atoms with E-state index >= 15 is 0 Å². The number of aryl methyl sites for hydroxylation is 1. The van der Waals surface area contributed by atoms with Crippen molar-refractivity contribution in [3.8, 4) is 0 Å². The molecule has 2 aromatic heterocycles. The highest BCUT2D eigenvalue weighted by atomic mass is 15.3. The predicted octanol–water partition coefficient (Wildman–Crippen LogP) is 2.43. The van der Waals surface area contributed by atoms with Gasteiger partial charge in [-0.2, -0.15) is 5.10 Å². The molecule has 0 aliphatic heterocycles. The van der Waals surface area contributed by atoms with Crippen molar-refractivity contribution >= 4 is 10.9 Å². The van der Waals surface area contributed by atoms with Gasteiger partial charge in [0, 0.05) is 43.5 Å². The maximum atomic E-state index is 4.71. The van der Waals surface area contributed by atoms with Crippen molar-refractivity contribution in [1.29, 1.82) is 0 Å². The average Bonchev–Trinajstić information content (AvgIpc) is 3.12. The number of rotatable bonds is 6. The van der Waals surface area contributed by atoms with Crippen LogP contribution >= 0.6 is 0 Å². The fourth-order valence-electron chi connectivity index (χ4n) is 2.61. The summed E-state index contributed by atoms with van der Waals surface area (Å²) >= 11 is 0. The second-order valence-electron chi connectivity index (χ2n) is 5.32. The fraction of sp³-hybridized carbons (Fsp3) is 0.375. The molecule has 0 saturated heterocycles. The number of nitrogens with one attached hydrogen (secondary N) is 1. The van der Waals surface area contributed by atoms with Gasteiger partial charge >= 0.3 is 0 Å².